The van der Waals surface area contributed by atoms with Gasteiger partial charge in [-0.05, 0) is 35.7 Å². The summed E-state index contributed by atoms with van der Waals surface area (Å²) in [4.78, 5) is 0. The largest absolute Gasteiger partial charge is 0.333 e. The lowest BCUT2D eigenvalue weighted by Gasteiger charge is -2.18. The average molecular weight is 321 g/mol. The van der Waals surface area contributed by atoms with Crippen molar-refractivity contribution in [2.24, 2.45) is 0 Å². The standard InChI is InChI=1S/C24H19N/c1-3-9-18(10-4-1)19-15-16-24-22(17-19)21-13-7-8-14-23(21)25(24)20-11-5-2-6-12-20/h1-11,13-17,20H,12H2. The van der Waals surface area contributed by atoms with Gasteiger partial charge in [0.15, 0.2) is 0 Å². The summed E-state index contributed by atoms with van der Waals surface area (Å²) in [7, 11) is 0. The van der Waals surface area contributed by atoms with Crippen LogP contribution in [0.3, 0.4) is 0 Å². The highest BCUT2D eigenvalue weighted by atomic mass is 15.0. The van der Waals surface area contributed by atoms with Crippen LogP contribution in [0.4, 0.5) is 0 Å². The van der Waals surface area contributed by atoms with Crippen LogP contribution in [0.5, 0.6) is 0 Å². The summed E-state index contributed by atoms with van der Waals surface area (Å²) in [5.41, 5.74) is 5.16. The topological polar surface area (TPSA) is 4.93 Å². The number of fused-ring (bicyclic) bond motifs is 3. The van der Waals surface area contributed by atoms with E-state index in [1.165, 1.54) is 32.9 Å². The molecule has 1 unspecified atom stereocenters. The van der Waals surface area contributed by atoms with Crippen molar-refractivity contribution in [3.63, 3.8) is 0 Å². The van der Waals surface area contributed by atoms with Crippen LogP contribution in [-0.4, -0.2) is 4.57 Å². The first kappa shape index (κ1) is 14.3. The molecule has 5 rings (SSSR count). The molecule has 0 radical (unpaired) electrons. The maximum absolute atomic E-state index is 2.49. The van der Waals surface area contributed by atoms with Crippen molar-refractivity contribution in [1.82, 2.24) is 4.57 Å². The van der Waals surface area contributed by atoms with E-state index < -0.39 is 0 Å². The molecule has 3 aromatic carbocycles. The molecule has 0 fully saturated rings. The number of hydrogen-bond donors (Lipinski definition) is 0. The molecule has 0 saturated carbocycles. The summed E-state index contributed by atoms with van der Waals surface area (Å²) in [6.45, 7) is 0. The predicted molar refractivity (Wildman–Crippen MR) is 107 cm³/mol. The number of para-hydroxylation sites is 1. The summed E-state index contributed by atoms with van der Waals surface area (Å²) < 4.78 is 2.49. The summed E-state index contributed by atoms with van der Waals surface area (Å²) >= 11 is 0. The average Bonchev–Trinajstić information content (AvgIpc) is 3.03. The Morgan fingerprint density at radius 3 is 2.32 bits per heavy atom. The van der Waals surface area contributed by atoms with Gasteiger partial charge in [0, 0.05) is 21.8 Å². The Labute approximate surface area is 147 Å². The van der Waals surface area contributed by atoms with Crippen LogP contribution >= 0.6 is 0 Å². The molecule has 1 heteroatoms. The van der Waals surface area contributed by atoms with Gasteiger partial charge in [-0.25, -0.2) is 0 Å². The monoisotopic (exact) mass is 321 g/mol. The van der Waals surface area contributed by atoms with Gasteiger partial charge in [0.25, 0.3) is 0 Å². The number of nitrogens with zero attached hydrogens (tertiary/aromatic N) is 1. The molecule has 0 saturated heterocycles. The van der Waals surface area contributed by atoms with Crippen molar-refractivity contribution in [3.8, 4) is 11.1 Å². The molecule has 4 aromatic rings. The van der Waals surface area contributed by atoms with Gasteiger partial charge in [-0.1, -0.05) is 78.9 Å². The van der Waals surface area contributed by atoms with E-state index in [9.17, 15) is 0 Å². The highest BCUT2D eigenvalue weighted by molar-refractivity contribution is 6.09. The Bertz CT molecular complexity index is 1110. The number of benzene rings is 3. The fourth-order valence-electron chi connectivity index (χ4n) is 3.93. The molecule has 0 spiro atoms. The molecule has 1 aliphatic rings. The summed E-state index contributed by atoms with van der Waals surface area (Å²) in [6.07, 6.45) is 9.90. The molecule has 0 N–H and O–H groups in total. The van der Waals surface area contributed by atoms with Gasteiger partial charge in [-0.2, -0.15) is 0 Å². The predicted octanol–water partition coefficient (Wildman–Crippen LogP) is 6.52. The van der Waals surface area contributed by atoms with Crippen LogP contribution in [0.1, 0.15) is 12.5 Å². The Morgan fingerprint density at radius 1 is 0.680 bits per heavy atom. The number of aromatic nitrogens is 1. The maximum atomic E-state index is 2.49. The molecular weight excluding hydrogens is 302 g/mol. The van der Waals surface area contributed by atoms with Gasteiger partial charge in [-0.15, -0.1) is 0 Å². The minimum absolute atomic E-state index is 0.384. The number of hydrogen-bond acceptors (Lipinski definition) is 0. The highest BCUT2D eigenvalue weighted by Gasteiger charge is 2.16. The molecule has 1 atom stereocenters. The normalized spacial score (nSPS) is 16.7. The van der Waals surface area contributed by atoms with E-state index in [1.807, 2.05) is 0 Å². The summed E-state index contributed by atoms with van der Waals surface area (Å²) in [5.74, 6) is 0. The number of rotatable bonds is 2. The van der Waals surface area contributed by atoms with Crippen LogP contribution in [0.15, 0.2) is 97.1 Å². The van der Waals surface area contributed by atoms with Crippen LogP contribution in [0.2, 0.25) is 0 Å². The molecule has 0 amide bonds. The van der Waals surface area contributed by atoms with E-state index in [0.717, 1.165) is 6.42 Å². The molecule has 1 nitrogen and oxygen atoms in total. The van der Waals surface area contributed by atoms with Crippen molar-refractivity contribution < 1.29 is 0 Å². The first-order valence-electron chi connectivity index (χ1n) is 8.83. The van der Waals surface area contributed by atoms with Crippen molar-refractivity contribution in [2.45, 2.75) is 12.5 Å². The van der Waals surface area contributed by atoms with Gasteiger partial charge in [0.2, 0.25) is 0 Å². The molecule has 0 aliphatic heterocycles. The van der Waals surface area contributed by atoms with E-state index in [4.69, 9.17) is 0 Å². The smallest absolute Gasteiger partial charge is 0.0560 e. The molecular formula is C24H19N. The Balaban J connectivity index is 1.79. The first-order valence-corrected chi connectivity index (χ1v) is 8.83. The van der Waals surface area contributed by atoms with Crippen molar-refractivity contribution in [2.75, 3.05) is 0 Å². The van der Waals surface area contributed by atoms with Crippen molar-refractivity contribution in [1.29, 1.82) is 0 Å². The van der Waals surface area contributed by atoms with Gasteiger partial charge in [-0.3, -0.25) is 0 Å². The maximum Gasteiger partial charge on any atom is 0.0560 e. The second-order valence-electron chi connectivity index (χ2n) is 6.60. The molecule has 1 aliphatic carbocycles. The third kappa shape index (κ3) is 2.32. The van der Waals surface area contributed by atoms with E-state index in [0.29, 0.717) is 6.04 Å². The third-order valence-electron chi connectivity index (χ3n) is 5.11. The van der Waals surface area contributed by atoms with E-state index in [-0.39, 0.29) is 0 Å². The lowest BCUT2D eigenvalue weighted by atomic mass is 10.0. The van der Waals surface area contributed by atoms with Crippen LogP contribution in [0.25, 0.3) is 32.9 Å². The first-order chi connectivity index (χ1) is 12.4. The van der Waals surface area contributed by atoms with E-state index >= 15 is 0 Å². The molecule has 1 aromatic heterocycles. The van der Waals surface area contributed by atoms with Crippen LogP contribution in [-0.2, 0) is 0 Å². The third-order valence-corrected chi connectivity index (χ3v) is 5.11. The quantitative estimate of drug-likeness (QED) is 0.396. The fraction of sp³-hybridized carbons (Fsp3) is 0.0833. The van der Waals surface area contributed by atoms with Gasteiger partial charge in [0.1, 0.15) is 0 Å². The van der Waals surface area contributed by atoms with Gasteiger partial charge >= 0.3 is 0 Å². The lowest BCUT2D eigenvalue weighted by molar-refractivity contribution is 0.648. The molecule has 1 heterocycles. The fourth-order valence-corrected chi connectivity index (χ4v) is 3.93. The Kier molecular flexibility index (Phi) is 3.31. The highest BCUT2D eigenvalue weighted by Crippen LogP contribution is 2.36. The zero-order valence-electron chi connectivity index (χ0n) is 14.0. The minimum Gasteiger partial charge on any atom is -0.333 e. The van der Waals surface area contributed by atoms with E-state index in [1.54, 1.807) is 0 Å². The Morgan fingerprint density at radius 2 is 1.48 bits per heavy atom. The van der Waals surface area contributed by atoms with Crippen molar-refractivity contribution in [3.05, 3.63) is 97.1 Å². The second kappa shape index (κ2) is 5.78. The minimum atomic E-state index is 0.384. The zero-order valence-corrected chi connectivity index (χ0v) is 14.0. The van der Waals surface area contributed by atoms with Gasteiger partial charge < -0.3 is 4.57 Å². The molecule has 25 heavy (non-hydrogen) atoms. The van der Waals surface area contributed by atoms with Gasteiger partial charge in [0.05, 0.1) is 6.04 Å². The van der Waals surface area contributed by atoms with E-state index in [2.05, 4.69) is 102 Å². The zero-order chi connectivity index (χ0) is 16.6. The molecule has 120 valence electrons. The summed E-state index contributed by atoms with van der Waals surface area (Å²) in [6, 6.07) is 26.6. The molecule has 0 bridgehead atoms. The lowest BCUT2D eigenvalue weighted by Crippen LogP contribution is -2.06. The van der Waals surface area contributed by atoms with Crippen LogP contribution < -0.4 is 0 Å². The number of allylic oxidation sites excluding steroid dienone is 4. The van der Waals surface area contributed by atoms with Crippen molar-refractivity contribution >= 4 is 21.8 Å². The van der Waals surface area contributed by atoms with Crippen LogP contribution in [0, 0.1) is 0 Å². The summed E-state index contributed by atoms with van der Waals surface area (Å²) in [5, 5.41) is 2.66. The second-order valence-corrected chi connectivity index (χ2v) is 6.60. The Hall–Kier alpha value is -3.06. The SMILES string of the molecule is C1=CCC(n2c3ccccc3c3cc(-c4ccccc4)ccc32)C=C1.